The van der Waals surface area contributed by atoms with Crippen LogP contribution in [-0.2, 0) is 6.54 Å². The third kappa shape index (κ3) is 3.63. The Labute approximate surface area is 150 Å². The molecule has 0 unspecified atom stereocenters. The Kier molecular flexibility index (Phi) is 4.93. The standard InChI is InChI=1S/C14H8Cl3F2N5/c15-8-3-20-11(21-4-8)6-24-5-10(13(18)19)23-14(24)7-1-9(16)12(17)22-2-7/h1-5,13H,6H2. The van der Waals surface area contributed by atoms with Gasteiger partial charge >= 0.3 is 0 Å². The Morgan fingerprint density at radius 1 is 1.04 bits per heavy atom. The fraction of sp³-hybridized carbons (Fsp3) is 0.143. The van der Waals surface area contributed by atoms with E-state index < -0.39 is 6.43 Å². The van der Waals surface area contributed by atoms with E-state index in [-0.39, 0.29) is 28.2 Å². The van der Waals surface area contributed by atoms with E-state index in [1.54, 1.807) is 0 Å². The lowest BCUT2D eigenvalue weighted by Crippen LogP contribution is -2.05. The molecule has 3 heterocycles. The van der Waals surface area contributed by atoms with Gasteiger partial charge in [0.05, 0.1) is 16.6 Å². The second kappa shape index (κ2) is 6.96. The summed E-state index contributed by atoms with van der Waals surface area (Å²) < 4.78 is 27.5. The first kappa shape index (κ1) is 17.0. The molecular formula is C14H8Cl3F2N5. The maximum absolute atomic E-state index is 13.0. The lowest BCUT2D eigenvalue weighted by atomic mass is 10.2. The van der Waals surface area contributed by atoms with Gasteiger partial charge in [0.15, 0.2) is 0 Å². The number of rotatable bonds is 4. The molecule has 3 aromatic heterocycles. The lowest BCUT2D eigenvalue weighted by Gasteiger charge is -2.07. The molecule has 0 saturated carbocycles. The minimum atomic E-state index is -2.72. The first-order valence-electron chi connectivity index (χ1n) is 6.57. The van der Waals surface area contributed by atoms with Crippen LogP contribution in [0.5, 0.6) is 0 Å². The van der Waals surface area contributed by atoms with Gasteiger partial charge in [0.25, 0.3) is 6.43 Å². The molecule has 10 heteroatoms. The van der Waals surface area contributed by atoms with Crippen molar-refractivity contribution in [2.75, 3.05) is 0 Å². The molecule has 0 spiro atoms. The maximum atomic E-state index is 13.0. The zero-order valence-corrected chi connectivity index (χ0v) is 14.1. The fourth-order valence-corrected chi connectivity index (χ4v) is 2.38. The highest BCUT2D eigenvalue weighted by Gasteiger charge is 2.18. The van der Waals surface area contributed by atoms with Crippen LogP contribution in [0.15, 0.2) is 30.9 Å². The van der Waals surface area contributed by atoms with Gasteiger partial charge in [0.2, 0.25) is 0 Å². The van der Waals surface area contributed by atoms with Gasteiger partial charge in [0.1, 0.15) is 22.5 Å². The molecular weight excluding hydrogens is 383 g/mol. The normalized spacial score (nSPS) is 11.2. The molecule has 0 amide bonds. The maximum Gasteiger partial charge on any atom is 0.281 e. The summed E-state index contributed by atoms with van der Waals surface area (Å²) in [5.41, 5.74) is 0.0790. The Balaban J connectivity index is 2.03. The van der Waals surface area contributed by atoms with Crippen molar-refractivity contribution in [1.29, 1.82) is 0 Å². The first-order chi connectivity index (χ1) is 11.4. The molecule has 0 radical (unpaired) electrons. The smallest absolute Gasteiger partial charge is 0.281 e. The number of alkyl halides is 2. The Bertz CT molecular complexity index is 867. The van der Waals surface area contributed by atoms with Crippen LogP contribution in [0.1, 0.15) is 17.9 Å². The topological polar surface area (TPSA) is 56.5 Å². The fourth-order valence-electron chi connectivity index (χ4n) is 2.01. The summed E-state index contributed by atoms with van der Waals surface area (Å²) >= 11 is 17.5. The number of pyridine rings is 1. The number of nitrogens with zero attached hydrogens (tertiary/aromatic N) is 5. The highest BCUT2D eigenvalue weighted by atomic mass is 35.5. The van der Waals surface area contributed by atoms with Crippen molar-refractivity contribution in [3.8, 4) is 11.4 Å². The predicted octanol–water partition coefficient (Wildman–Crippen LogP) is 4.68. The molecule has 0 aliphatic heterocycles. The van der Waals surface area contributed by atoms with E-state index in [0.29, 0.717) is 16.4 Å². The third-order valence-corrected chi connectivity index (χ3v) is 3.94. The van der Waals surface area contributed by atoms with Crippen molar-refractivity contribution in [2.24, 2.45) is 0 Å². The van der Waals surface area contributed by atoms with Crippen LogP contribution in [0, 0.1) is 0 Å². The van der Waals surface area contributed by atoms with Crippen molar-refractivity contribution < 1.29 is 8.78 Å². The number of hydrogen-bond donors (Lipinski definition) is 0. The minimum absolute atomic E-state index is 0.119. The second-order valence-electron chi connectivity index (χ2n) is 4.73. The van der Waals surface area contributed by atoms with Gasteiger partial charge in [-0.2, -0.15) is 0 Å². The Morgan fingerprint density at radius 3 is 2.38 bits per heavy atom. The van der Waals surface area contributed by atoms with Crippen molar-refractivity contribution in [1.82, 2.24) is 24.5 Å². The average molecular weight is 391 g/mol. The second-order valence-corrected chi connectivity index (χ2v) is 5.93. The van der Waals surface area contributed by atoms with Gasteiger partial charge in [0, 0.05) is 30.4 Å². The summed E-state index contributed by atoms with van der Waals surface area (Å²) in [6.45, 7) is 0.131. The van der Waals surface area contributed by atoms with Gasteiger partial charge in [-0.05, 0) is 6.07 Å². The number of hydrogen-bond acceptors (Lipinski definition) is 4. The van der Waals surface area contributed by atoms with E-state index in [2.05, 4.69) is 19.9 Å². The van der Waals surface area contributed by atoms with Crippen molar-refractivity contribution in [3.05, 3.63) is 57.6 Å². The van der Waals surface area contributed by atoms with E-state index >= 15 is 0 Å². The minimum Gasteiger partial charge on any atom is -0.323 e. The average Bonchev–Trinajstić information content (AvgIpc) is 2.96. The van der Waals surface area contributed by atoms with Crippen LogP contribution in [0.2, 0.25) is 15.2 Å². The van der Waals surface area contributed by atoms with Crippen LogP contribution in [0.4, 0.5) is 8.78 Å². The molecule has 0 N–H and O–H groups in total. The largest absolute Gasteiger partial charge is 0.323 e. The van der Waals surface area contributed by atoms with Crippen LogP contribution in [0.3, 0.4) is 0 Å². The van der Waals surface area contributed by atoms with Crippen molar-refractivity contribution >= 4 is 34.8 Å². The predicted molar refractivity (Wildman–Crippen MR) is 86.6 cm³/mol. The molecule has 5 nitrogen and oxygen atoms in total. The summed E-state index contributed by atoms with van der Waals surface area (Å²) in [7, 11) is 0. The number of halogens is 5. The molecule has 0 fully saturated rings. The molecule has 0 atom stereocenters. The van der Waals surface area contributed by atoms with Crippen LogP contribution >= 0.6 is 34.8 Å². The quantitative estimate of drug-likeness (QED) is 0.607. The highest BCUT2D eigenvalue weighted by molar-refractivity contribution is 6.41. The zero-order chi connectivity index (χ0) is 17.3. The molecule has 0 bridgehead atoms. The summed E-state index contributed by atoms with van der Waals surface area (Å²) in [5.74, 6) is 0.654. The third-order valence-electron chi connectivity index (χ3n) is 3.06. The molecule has 0 aromatic carbocycles. The molecule has 124 valence electrons. The van der Waals surface area contributed by atoms with Gasteiger partial charge in [-0.1, -0.05) is 34.8 Å². The van der Waals surface area contributed by atoms with E-state index in [1.165, 1.54) is 35.4 Å². The van der Waals surface area contributed by atoms with E-state index in [4.69, 9.17) is 34.8 Å². The van der Waals surface area contributed by atoms with Gasteiger partial charge in [-0.15, -0.1) is 0 Å². The van der Waals surface area contributed by atoms with Crippen LogP contribution < -0.4 is 0 Å². The van der Waals surface area contributed by atoms with E-state index in [9.17, 15) is 8.78 Å². The van der Waals surface area contributed by atoms with Crippen molar-refractivity contribution in [2.45, 2.75) is 13.0 Å². The van der Waals surface area contributed by atoms with Gasteiger partial charge in [-0.3, -0.25) is 0 Å². The molecule has 0 saturated heterocycles. The summed E-state index contributed by atoms with van der Waals surface area (Å²) in [5, 5.41) is 0.699. The summed E-state index contributed by atoms with van der Waals surface area (Å²) in [6.07, 6.45) is 2.78. The lowest BCUT2D eigenvalue weighted by molar-refractivity contribution is 0.146. The monoisotopic (exact) mass is 389 g/mol. The van der Waals surface area contributed by atoms with E-state index in [1.807, 2.05) is 0 Å². The van der Waals surface area contributed by atoms with Crippen LogP contribution in [0.25, 0.3) is 11.4 Å². The molecule has 0 aliphatic carbocycles. The summed E-state index contributed by atoms with van der Waals surface area (Å²) in [4.78, 5) is 16.0. The first-order valence-corrected chi connectivity index (χ1v) is 7.70. The zero-order valence-electron chi connectivity index (χ0n) is 11.8. The Hall–Kier alpha value is -1.83. The number of aromatic nitrogens is 5. The van der Waals surface area contributed by atoms with Gasteiger partial charge < -0.3 is 4.57 Å². The SMILES string of the molecule is FC(F)c1cn(Cc2ncc(Cl)cn2)c(-c2cnc(Cl)c(Cl)c2)n1. The van der Waals surface area contributed by atoms with Gasteiger partial charge in [-0.25, -0.2) is 28.7 Å². The molecule has 24 heavy (non-hydrogen) atoms. The highest BCUT2D eigenvalue weighted by Crippen LogP contribution is 2.28. The van der Waals surface area contributed by atoms with Crippen molar-refractivity contribution in [3.63, 3.8) is 0 Å². The molecule has 0 aliphatic rings. The van der Waals surface area contributed by atoms with Crippen LogP contribution in [-0.4, -0.2) is 24.5 Å². The van der Waals surface area contributed by atoms with E-state index in [0.717, 1.165) is 0 Å². The Morgan fingerprint density at radius 2 is 1.75 bits per heavy atom. The summed E-state index contributed by atoms with van der Waals surface area (Å²) in [6, 6.07) is 1.51. The number of imidazole rings is 1. The molecule has 3 rings (SSSR count). The molecule has 3 aromatic rings.